The Kier molecular flexibility index (Phi) is 7.26. The van der Waals surface area contributed by atoms with Crippen molar-refractivity contribution in [1.82, 2.24) is 14.6 Å². The van der Waals surface area contributed by atoms with Gasteiger partial charge in [-0.2, -0.15) is 11.8 Å². The Balaban J connectivity index is 2.95. The van der Waals surface area contributed by atoms with Crippen LogP contribution in [0.1, 0.15) is 39.4 Å². The van der Waals surface area contributed by atoms with E-state index in [1.54, 1.807) is 24.0 Å². The summed E-state index contributed by atoms with van der Waals surface area (Å²) in [5, 5.41) is 3.07. The van der Waals surface area contributed by atoms with E-state index >= 15 is 0 Å². The van der Waals surface area contributed by atoms with E-state index in [0.29, 0.717) is 11.4 Å². The van der Waals surface area contributed by atoms with Crippen molar-refractivity contribution in [3.63, 3.8) is 0 Å². The van der Waals surface area contributed by atoms with E-state index in [1.165, 1.54) is 0 Å². The highest BCUT2D eigenvalue weighted by Gasteiger charge is 2.21. The lowest BCUT2D eigenvalue weighted by molar-refractivity contribution is 0.559. The summed E-state index contributed by atoms with van der Waals surface area (Å²) in [7, 11) is -1.60. The molecule has 2 N–H and O–H groups in total. The van der Waals surface area contributed by atoms with Gasteiger partial charge >= 0.3 is 0 Å². The summed E-state index contributed by atoms with van der Waals surface area (Å²) in [6, 6.07) is 1.90. The van der Waals surface area contributed by atoms with E-state index < -0.39 is 10.0 Å². The van der Waals surface area contributed by atoms with Gasteiger partial charge in [0, 0.05) is 36.3 Å². The average Bonchev–Trinajstić information content (AvgIpc) is 2.81. The van der Waals surface area contributed by atoms with Crippen molar-refractivity contribution in [2.45, 2.75) is 51.2 Å². The van der Waals surface area contributed by atoms with Crippen LogP contribution in [-0.2, 0) is 16.6 Å². The van der Waals surface area contributed by atoms with E-state index in [-0.39, 0.29) is 12.1 Å². The summed E-state index contributed by atoms with van der Waals surface area (Å²) in [5.41, 5.74) is 0.975. The van der Waals surface area contributed by atoms with Crippen LogP contribution in [0.4, 0.5) is 0 Å². The summed E-state index contributed by atoms with van der Waals surface area (Å²) in [4.78, 5) is 0.342. The maximum atomic E-state index is 12.4. The molecule has 0 aliphatic carbocycles. The highest BCUT2D eigenvalue weighted by atomic mass is 32.2. The third-order valence-electron chi connectivity index (χ3n) is 3.06. The number of hydrogen-bond donors (Lipinski definition) is 2. The summed E-state index contributed by atoms with van der Waals surface area (Å²) in [5.74, 6) is 1.77. The molecule has 7 heteroatoms. The number of rotatable bonds is 9. The van der Waals surface area contributed by atoms with Crippen LogP contribution in [0.2, 0.25) is 0 Å². The maximum absolute atomic E-state index is 12.4. The fraction of sp³-hybridized carbons (Fsp3) is 0.714. The monoisotopic (exact) mass is 333 g/mol. The maximum Gasteiger partial charge on any atom is 0.242 e. The molecule has 0 aromatic carbocycles. The van der Waals surface area contributed by atoms with Crippen molar-refractivity contribution in [3.05, 3.63) is 18.0 Å². The molecule has 1 atom stereocenters. The predicted octanol–water partition coefficient (Wildman–Crippen LogP) is 2.21. The lowest BCUT2D eigenvalue weighted by Gasteiger charge is -2.13. The standard InChI is InChI=1S/C14H27N3O2S2/c1-6-20-10-12(4)16-21(18,19)14-7-13(8-15-5)17(9-14)11(2)3/h7,9,11-12,15-16H,6,8,10H2,1-5H3. The number of hydrogen-bond acceptors (Lipinski definition) is 4. The smallest absolute Gasteiger partial charge is 0.242 e. The first-order valence-corrected chi connectivity index (χ1v) is 9.91. The molecule has 0 fully saturated rings. The molecule has 122 valence electrons. The van der Waals surface area contributed by atoms with Crippen molar-refractivity contribution < 1.29 is 8.42 Å². The van der Waals surface area contributed by atoms with Crippen molar-refractivity contribution in [3.8, 4) is 0 Å². The Hall–Kier alpha value is -0.500. The molecule has 0 aliphatic heterocycles. The lowest BCUT2D eigenvalue weighted by Crippen LogP contribution is -2.34. The van der Waals surface area contributed by atoms with Gasteiger partial charge in [0.05, 0.1) is 4.90 Å². The normalized spacial score (nSPS) is 13.8. The zero-order chi connectivity index (χ0) is 16.0. The summed E-state index contributed by atoms with van der Waals surface area (Å²) in [6.07, 6.45) is 1.72. The zero-order valence-electron chi connectivity index (χ0n) is 13.5. The van der Waals surface area contributed by atoms with Crippen LogP contribution in [-0.4, -0.2) is 37.6 Å². The number of nitrogens with zero attached hydrogens (tertiary/aromatic N) is 1. The number of aromatic nitrogens is 1. The number of sulfonamides is 1. The van der Waals surface area contributed by atoms with Gasteiger partial charge in [-0.1, -0.05) is 6.92 Å². The minimum atomic E-state index is -3.46. The van der Waals surface area contributed by atoms with Gasteiger partial charge in [0.15, 0.2) is 0 Å². The summed E-state index contributed by atoms with van der Waals surface area (Å²) >= 11 is 1.73. The molecule has 1 aromatic heterocycles. The molecular formula is C14H27N3O2S2. The Morgan fingerprint density at radius 2 is 2.00 bits per heavy atom. The molecule has 1 aromatic rings. The molecule has 0 amide bonds. The fourth-order valence-electron chi connectivity index (χ4n) is 2.11. The van der Waals surface area contributed by atoms with Gasteiger partial charge in [0.1, 0.15) is 0 Å². The molecule has 0 bridgehead atoms. The number of nitrogens with one attached hydrogen (secondary N) is 2. The fourth-order valence-corrected chi connectivity index (χ4v) is 4.18. The van der Waals surface area contributed by atoms with Crippen molar-refractivity contribution in [1.29, 1.82) is 0 Å². The van der Waals surface area contributed by atoms with Crippen LogP contribution in [0.5, 0.6) is 0 Å². The Labute approximate surface area is 132 Å². The molecule has 0 saturated carbocycles. The second-order valence-electron chi connectivity index (χ2n) is 5.38. The quantitative estimate of drug-likeness (QED) is 0.727. The largest absolute Gasteiger partial charge is 0.346 e. The van der Waals surface area contributed by atoms with Gasteiger partial charge in [0.2, 0.25) is 10.0 Å². The third kappa shape index (κ3) is 5.32. The minimum Gasteiger partial charge on any atom is -0.346 e. The van der Waals surface area contributed by atoms with E-state index in [1.807, 2.05) is 32.4 Å². The topological polar surface area (TPSA) is 63.1 Å². The van der Waals surface area contributed by atoms with Crippen molar-refractivity contribution >= 4 is 21.8 Å². The first-order valence-electron chi connectivity index (χ1n) is 7.27. The van der Waals surface area contributed by atoms with E-state index in [0.717, 1.165) is 17.2 Å². The molecule has 0 radical (unpaired) electrons. The predicted molar refractivity (Wildman–Crippen MR) is 90.4 cm³/mol. The van der Waals surface area contributed by atoms with Crippen LogP contribution in [0.3, 0.4) is 0 Å². The van der Waals surface area contributed by atoms with Crippen molar-refractivity contribution in [2.24, 2.45) is 0 Å². The van der Waals surface area contributed by atoms with Gasteiger partial charge in [0.25, 0.3) is 0 Å². The molecule has 0 aliphatic rings. The summed E-state index contributed by atoms with van der Waals surface area (Å²) in [6.45, 7) is 8.70. The molecule has 1 rings (SSSR count). The molecule has 5 nitrogen and oxygen atoms in total. The first kappa shape index (κ1) is 18.5. The summed E-state index contributed by atoms with van der Waals surface area (Å²) < 4.78 is 29.6. The second kappa shape index (κ2) is 8.22. The van der Waals surface area contributed by atoms with E-state index in [2.05, 4.69) is 17.0 Å². The minimum absolute atomic E-state index is 0.0740. The molecule has 0 saturated heterocycles. The first-order chi connectivity index (χ1) is 9.81. The van der Waals surface area contributed by atoms with Gasteiger partial charge in [-0.05, 0) is 39.6 Å². The average molecular weight is 334 g/mol. The highest BCUT2D eigenvalue weighted by molar-refractivity contribution is 7.99. The Morgan fingerprint density at radius 3 is 2.52 bits per heavy atom. The van der Waals surface area contributed by atoms with E-state index in [4.69, 9.17) is 0 Å². The molecule has 0 spiro atoms. The van der Waals surface area contributed by atoms with Crippen LogP contribution in [0, 0.1) is 0 Å². The van der Waals surface area contributed by atoms with Gasteiger partial charge in [-0.15, -0.1) is 0 Å². The SMILES string of the molecule is CCSCC(C)NS(=O)(=O)c1cc(CNC)n(C(C)C)c1. The van der Waals surface area contributed by atoms with Gasteiger partial charge in [-0.3, -0.25) is 0 Å². The molecular weight excluding hydrogens is 306 g/mol. The molecule has 21 heavy (non-hydrogen) atoms. The zero-order valence-corrected chi connectivity index (χ0v) is 15.1. The highest BCUT2D eigenvalue weighted by Crippen LogP contribution is 2.19. The molecule has 1 heterocycles. The van der Waals surface area contributed by atoms with Gasteiger partial charge in [-0.25, -0.2) is 13.1 Å². The van der Waals surface area contributed by atoms with Gasteiger partial charge < -0.3 is 9.88 Å². The Bertz CT molecular complexity index is 538. The van der Waals surface area contributed by atoms with E-state index in [9.17, 15) is 8.42 Å². The van der Waals surface area contributed by atoms with Crippen molar-refractivity contribution in [2.75, 3.05) is 18.6 Å². The van der Waals surface area contributed by atoms with Crippen LogP contribution < -0.4 is 10.0 Å². The Morgan fingerprint density at radius 1 is 1.33 bits per heavy atom. The van der Waals surface area contributed by atoms with Crippen LogP contribution >= 0.6 is 11.8 Å². The van der Waals surface area contributed by atoms with Crippen LogP contribution in [0.25, 0.3) is 0 Å². The third-order valence-corrected chi connectivity index (χ3v) is 5.76. The number of thioether (sulfide) groups is 1. The molecule has 1 unspecified atom stereocenters. The lowest BCUT2D eigenvalue weighted by atomic mass is 10.3. The second-order valence-corrected chi connectivity index (χ2v) is 8.41. The van der Waals surface area contributed by atoms with Crippen LogP contribution in [0.15, 0.2) is 17.2 Å².